The number of aliphatic hydroxyl groups is 5. The first kappa shape index (κ1) is 17.8. The van der Waals surface area contributed by atoms with Crippen LogP contribution in [0.25, 0.3) is 0 Å². The first-order valence-corrected chi connectivity index (χ1v) is 10.0. The zero-order chi connectivity index (χ0) is 19.1. The van der Waals surface area contributed by atoms with Gasteiger partial charge in [-0.15, -0.1) is 0 Å². The summed E-state index contributed by atoms with van der Waals surface area (Å²) in [7, 11) is 0. The molecule has 1 saturated heterocycles. The first-order valence-electron chi connectivity index (χ1n) is 10.0. The molecule has 1 aliphatic heterocycles. The van der Waals surface area contributed by atoms with Gasteiger partial charge in [-0.1, -0.05) is 13.8 Å². The maximum atomic E-state index is 11.8. The number of ether oxygens (including phenoxy) is 1. The van der Waals surface area contributed by atoms with Crippen molar-refractivity contribution in [1.82, 2.24) is 0 Å². The van der Waals surface area contributed by atoms with E-state index in [-0.39, 0.29) is 24.0 Å². The van der Waals surface area contributed by atoms with Crippen molar-refractivity contribution < 1.29 is 30.3 Å². The van der Waals surface area contributed by atoms with Crippen molar-refractivity contribution >= 4 is 0 Å². The molecule has 5 fully saturated rings. The maximum Gasteiger partial charge on any atom is 0.110 e. The standard InChI is InChI=1S/C20H32O6/c1-16(2)15-11(26-15)12-18(4,24)10-6-5-9-7-19(10,8-17(9,3)23)13(21)14(22)20(12,16)25/h9-15,21-25H,5-8H2,1-4H3/t9-,10-,11-,12-,13+,14+,15-,17+,18+,19-,20-/m0/s1. The van der Waals surface area contributed by atoms with E-state index < -0.39 is 45.8 Å². The zero-order valence-corrected chi connectivity index (χ0v) is 16.0. The van der Waals surface area contributed by atoms with Crippen LogP contribution in [0.5, 0.6) is 0 Å². The molecule has 0 aromatic heterocycles. The SMILES string of the molecule is CC1(C)[C@H]2O[C@H]2[C@H]2[C@](C)(O)[C@@H]3CC[C@H]4C[C@@]3(C[C@@]4(C)O)[C@H](O)[C@@H](O)[C@@]21O. The number of epoxide rings is 1. The van der Waals surface area contributed by atoms with Crippen molar-refractivity contribution in [3.63, 3.8) is 0 Å². The summed E-state index contributed by atoms with van der Waals surface area (Å²) in [5, 5.41) is 57.1. The van der Waals surface area contributed by atoms with E-state index in [1.54, 1.807) is 13.8 Å². The predicted octanol–water partition coefficient (Wildman–Crippen LogP) is 0.185. The molecule has 4 aliphatic carbocycles. The van der Waals surface area contributed by atoms with Crippen LogP contribution in [0, 0.1) is 28.6 Å². The van der Waals surface area contributed by atoms with E-state index in [1.807, 2.05) is 13.8 Å². The Balaban J connectivity index is 1.71. The lowest BCUT2D eigenvalue weighted by Crippen LogP contribution is -2.64. The number of aliphatic hydroxyl groups excluding tert-OH is 2. The highest BCUT2D eigenvalue weighted by molar-refractivity contribution is 5.32. The molecule has 1 spiro atoms. The molecule has 5 rings (SSSR count). The smallest absolute Gasteiger partial charge is 0.110 e. The van der Waals surface area contributed by atoms with Gasteiger partial charge in [0.25, 0.3) is 0 Å². The summed E-state index contributed by atoms with van der Waals surface area (Å²) in [5.74, 6) is -0.921. The van der Waals surface area contributed by atoms with Gasteiger partial charge in [0.15, 0.2) is 0 Å². The van der Waals surface area contributed by atoms with Crippen LogP contribution in [0.4, 0.5) is 0 Å². The van der Waals surface area contributed by atoms with Crippen LogP contribution in [-0.2, 0) is 4.74 Å². The van der Waals surface area contributed by atoms with Crippen molar-refractivity contribution in [3.05, 3.63) is 0 Å². The molecule has 2 bridgehead atoms. The Bertz CT molecular complexity index is 659. The highest BCUT2D eigenvalue weighted by Gasteiger charge is 2.83. The lowest BCUT2D eigenvalue weighted by Gasteiger charge is -2.50. The molecule has 6 heteroatoms. The fourth-order valence-electron chi connectivity index (χ4n) is 8.15. The Hall–Kier alpha value is -0.240. The van der Waals surface area contributed by atoms with E-state index in [0.29, 0.717) is 19.3 Å². The van der Waals surface area contributed by atoms with Gasteiger partial charge in [0.05, 0.1) is 29.5 Å². The summed E-state index contributed by atoms with van der Waals surface area (Å²) in [4.78, 5) is 0. The van der Waals surface area contributed by atoms with Crippen molar-refractivity contribution in [3.8, 4) is 0 Å². The highest BCUT2D eigenvalue weighted by Crippen LogP contribution is 2.72. The second-order valence-corrected chi connectivity index (χ2v) is 11.0. The van der Waals surface area contributed by atoms with Gasteiger partial charge < -0.3 is 30.3 Å². The van der Waals surface area contributed by atoms with Crippen LogP contribution >= 0.6 is 0 Å². The van der Waals surface area contributed by atoms with Gasteiger partial charge in [0, 0.05) is 16.7 Å². The number of rotatable bonds is 0. The van der Waals surface area contributed by atoms with Gasteiger partial charge in [-0.3, -0.25) is 0 Å². The Morgan fingerprint density at radius 2 is 1.58 bits per heavy atom. The molecule has 11 atom stereocenters. The molecule has 0 amide bonds. The van der Waals surface area contributed by atoms with Crippen molar-refractivity contribution in [2.75, 3.05) is 0 Å². The largest absolute Gasteiger partial charge is 0.390 e. The third kappa shape index (κ3) is 1.64. The van der Waals surface area contributed by atoms with E-state index in [2.05, 4.69) is 0 Å². The molecule has 148 valence electrons. The first-order chi connectivity index (χ1) is 11.8. The second-order valence-electron chi connectivity index (χ2n) is 11.0. The maximum absolute atomic E-state index is 11.8. The minimum atomic E-state index is -1.64. The van der Waals surface area contributed by atoms with Gasteiger partial charge in [-0.05, 0) is 51.4 Å². The van der Waals surface area contributed by atoms with E-state index in [9.17, 15) is 25.5 Å². The fraction of sp³-hybridized carbons (Fsp3) is 1.00. The molecule has 0 unspecified atom stereocenters. The fourth-order valence-corrected chi connectivity index (χ4v) is 8.15. The Labute approximate surface area is 154 Å². The summed E-state index contributed by atoms with van der Waals surface area (Å²) in [5.41, 5.74) is -5.44. The molecule has 6 nitrogen and oxygen atoms in total. The summed E-state index contributed by atoms with van der Waals surface area (Å²) in [6, 6.07) is 0. The Morgan fingerprint density at radius 3 is 2.23 bits per heavy atom. The summed E-state index contributed by atoms with van der Waals surface area (Å²) >= 11 is 0. The van der Waals surface area contributed by atoms with Gasteiger partial charge in [-0.25, -0.2) is 0 Å². The molecular weight excluding hydrogens is 336 g/mol. The van der Waals surface area contributed by atoms with Crippen LogP contribution in [0.3, 0.4) is 0 Å². The second kappa shape index (κ2) is 4.50. The minimum absolute atomic E-state index is 0.0434. The normalized spacial score (nSPS) is 68.0. The van der Waals surface area contributed by atoms with Gasteiger partial charge in [0.1, 0.15) is 11.7 Å². The van der Waals surface area contributed by atoms with Crippen LogP contribution < -0.4 is 0 Å². The third-order valence-electron chi connectivity index (χ3n) is 9.44. The van der Waals surface area contributed by atoms with Crippen molar-refractivity contribution in [1.29, 1.82) is 0 Å². The monoisotopic (exact) mass is 368 g/mol. The average molecular weight is 368 g/mol. The Morgan fingerprint density at radius 1 is 0.923 bits per heavy atom. The minimum Gasteiger partial charge on any atom is -0.390 e. The third-order valence-corrected chi connectivity index (χ3v) is 9.44. The van der Waals surface area contributed by atoms with E-state index in [1.165, 1.54) is 0 Å². The Kier molecular flexibility index (Phi) is 3.08. The molecule has 26 heavy (non-hydrogen) atoms. The van der Waals surface area contributed by atoms with Crippen LogP contribution in [0.1, 0.15) is 53.4 Å². The molecule has 0 aromatic rings. The van der Waals surface area contributed by atoms with Crippen LogP contribution in [0.2, 0.25) is 0 Å². The van der Waals surface area contributed by atoms with E-state index >= 15 is 0 Å². The summed E-state index contributed by atoms with van der Waals surface area (Å²) < 4.78 is 5.81. The van der Waals surface area contributed by atoms with Gasteiger partial charge in [0.2, 0.25) is 0 Å². The van der Waals surface area contributed by atoms with Crippen molar-refractivity contribution in [2.45, 2.75) is 94.6 Å². The molecule has 5 aliphatic rings. The number of fused-ring (bicyclic) bond motifs is 4. The lowest BCUT2D eigenvalue weighted by atomic mass is 9.58. The van der Waals surface area contributed by atoms with Crippen LogP contribution in [-0.4, -0.2) is 66.8 Å². The van der Waals surface area contributed by atoms with Crippen molar-refractivity contribution in [2.24, 2.45) is 28.6 Å². The summed E-state index contributed by atoms with van der Waals surface area (Å²) in [6.45, 7) is 7.24. The predicted molar refractivity (Wildman–Crippen MR) is 92.0 cm³/mol. The molecule has 0 radical (unpaired) electrons. The van der Waals surface area contributed by atoms with Gasteiger partial charge in [-0.2, -0.15) is 0 Å². The topological polar surface area (TPSA) is 114 Å². The molecule has 5 N–H and O–H groups in total. The molecular formula is C20H32O6. The van der Waals surface area contributed by atoms with Crippen LogP contribution in [0.15, 0.2) is 0 Å². The zero-order valence-electron chi connectivity index (χ0n) is 16.0. The average Bonchev–Trinajstić information content (AvgIpc) is 3.24. The number of hydrogen-bond acceptors (Lipinski definition) is 6. The van der Waals surface area contributed by atoms with E-state index in [0.717, 1.165) is 6.42 Å². The number of hydrogen-bond donors (Lipinski definition) is 5. The molecule has 0 aromatic carbocycles. The summed E-state index contributed by atoms with van der Waals surface area (Å²) in [6.07, 6.45) is -0.752. The lowest BCUT2D eigenvalue weighted by molar-refractivity contribution is -0.232. The molecule has 1 heterocycles. The van der Waals surface area contributed by atoms with E-state index in [4.69, 9.17) is 4.74 Å². The van der Waals surface area contributed by atoms with Gasteiger partial charge >= 0.3 is 0 Å². The highest BCUT2D eigenvalue weighted by atomic mass is 16.6. The quantitative estimate of drug-likeness (QED) is 0.390. The molecule has 4 saturated carbocycles.